The van der Waals surface area contributed by atoms with Crippen LogP contribution in [0.4, 0.5) is 0 Å². The Morgan fingerprint density at radius 1 is 1.27 bits per heavy atom. The second-order valence-corrected chi connectivity index (χ2v) is 8.04. The van der Waals surface area contributed by atoms with Gasteiger partial charge in [-0.15, -0.1) is 0 Å². The van der Waals surface area contributed by atoms with Crippen molar-refractivity contribution in [2.45, 2.75) is 66.4 Å². The molecule has 0 bridgehead atoms. The molecule has 0 fully saturated rings. The van der Waals surface area contributed by atoms with E-state index in [1.807, 2.05) is 19.1 Å². The molecular weight excluding hydrogens is 328 g/mol. The van der Waals surface area contributed by atoms with Crippen LogP contribution in [0.5, 0.6) is 0 Å². The van der Waals surface area contributed by atoms with Crippen molar-refractivity contribution in [1.29, 1.82) is 0 Å². The first-order valence-electron chi connectivity index (χ1n) is 9.68. The predicted octanol–water partition coefficient (Wildman–Crippen LogP) is 4.91. The summed E-state index contributed by atoms with van der Waals surface area (Å²) in [5.74, 6) is 0.396. The molecule has 2 aliphatic carbocycles. The molecule has 4 atom stereocenters. The molecular formula is C22H32O4. The number of carboxylic acids is 1. The molecule has 0 heterocycles. The SMILES string of the molecule is CC(=O)O[C@@H]1C[C@H]2C(C(C)C)=CC(C)[C@H]2C/C=C(/C(=O)O)CC/C=C/1C. The molecule has 0 saturated heterocycles. The number of hydrogen-bond donors (Lipinski definition) is 1. The Labute approximate surface area is 157 Å². The van der Waals surface area contributed by atoms with Crippen molar-refractivity contribution in [2.75, 3.05) is 0 Å². The number of ether oxygens (including phenoxy) is 1. The minimum Gasteiger partial charge on any atom is -0.478 e. The summed E-state index contributed by atoms with van der Waals surface area (Å²) in [5, 5.41) is 9.50. The van der Waals surface area contributed by atoms with Crippen molar-refractivity contribution >= 4 is 11.9 Å². The monoisotopic (exact) mass is 360 g/mol. The molecule has 0 radical (unpaired) electrons. The topological polar surface area (TPSA) is 63.6 Å². The van der Waals surface area contributed by atoms with E-state index in [0.717, 1.165) is 18.4 Å². The zero-order chi connectivity index (χ0) is 19.4. The number of hydrogen-bond acceptors (Lipinski definition) is 3. The number of fused-ring (bicyclic) bond motifs is 1. The van der Waals surface area contributed by atoms with Crippen LogP contribution in [0.3, 0.4) is 0 Å². The summed E-state index contributed by atoms with van der Waals surface area (Å²) in [4.78, 5) is 23.2. The van der Waals surface area contributed by atoms with Gasteiger partial charge in [-0.1, -0.05) is 44.6 Å². The van der Waals surface area contributed by atoms with E-state index in [9.17, 15) is 14.7 Å². The Bertz CT molecular complexity index is 639. The Morgan fingerprint density at radius 3 is 2.54 bits per heavy atom. The summed E-state index contributed by atoms with van der Waals surface area (Å²) in [6.07, 6.45) is 8.76. The van der Waals surface area contributed by atoms with Gasteiger partial charge in [0, 0.05) is 12.5 Å². The lowest BCUT2D eigenvalue weighted by atomic mass is 9.77. The van der Waals surface area contributed by atoms with Gasteiger partial charge in [0.1, 0.15) is 6.10 Å². The number of carboxylic acid groups (broad SMARTS) is 1. The summed E-state index contributed by atoms with van der Waals surface area (Å²) < 4.78 is 5.65. The van der Waals surface area contributed by atoms with Gasteiger partial charge in [-0.2, -0.15) is 0 Å². The Balaban J connectivity index is 2.41. The van der Waals surface area contributed by atoms with Gasteiger partial charge in [-0.3, -0.25) is 4.79 Å². The highest BCUT2D eigenvalue weighted by Gasteiger charge is 2.37. The molecule has 0 aromatic heterocycles. The standard InChI is InChI=1S/C22H32O4/c1-13(2)19-11-15(4)18-10-9-17(22(24)25)8-6-7-14(3)21(12-20(18)19)26-16(5)23/h7,9,11,13,15,18,20-21H,6,8,10,12H2,1-5H3,(H,24,25)/b14-7+,17-9+/t15?,18-,20-,21-/m1/s1. The molecule has 144 valence electrons. The summed E-state index contributed by atoms with van der Waals surface area (Å²) in [5.41, 5.74) is 2.93. The van der Waals surface area contributed by atoms with Gasteiger partial charge >= 0.3 is 11.9 Å². The predicted molar refractivity (Wildman–Crippen MR) is 103 cm³/mol. The quantitative estimate of drug-likeness (QED) is 0.573. The average molecular weight is 360 g/mol. The number of allylic oxidation sites excluding steroid dienone is 4. The fourth-order valence-electron chi connectivity index (χ4n) is 4.39. The van der Waals surface area contributed by atoms with Gasteiger partial charge in [-0.25, -0.2) is 4.79 Å². The van der Waals surface area contributed by atoms with Crippen LogP contribution in [0, 0.1) is 23.7 Å². The van der Waals surface area contributed by atoms with E-state index in [4.69, 9.17) is 4.74 Å². The van der Waals surface area contributed by atoms with Crippen LogP contribution < -0.4 is 0 Å². The average Bonchev–Trinajstić information content (AvgIpc) is 2.83. The van der Waals surface area contributed by atoms with Gasteiger partial charge in [-0.05, 0) is 61.9 Å². The van der Waals surface area contributed by atoms with Crippen LogP contribution in [0.25, 0.3) is 0 Å². The van der Waals surface area contributed by atoms with Gasteiger partial charge in [0.05, 0.1) is 0 Å². The fraction of sp³-hybridized carbons (Fsp3) is 0.636. The molecule has 0 aliphatic heterocycles. The normalized spacial score (nSPS) is 33.8. The molecule has 0 saturated carbocycles. The summed E-state index contributed by atoms with van der Waals surface area (Å²) >= 11 is 0. The first-order chi connectivity index (χ1) is 12.2. The van der Waals surface area contributed by atoms with E-state index in [0.29, 0.717) is 42.1 Å². The maximum absolute atomic E-state index is 11.6. The van der Waals surface area contributed by atoms with Crippen molar-refractivity contribution in [3.05, 3.63) is 34.9 Å². The number of carbonyl (C=O) groups is 2. The molecule has 1 unspecified atom stereocenters. The number of aliphatic carboxylic acids is 1. The largest absolute Gasteiger partial charge is 0.478 e. The van der Waals surface area contributed by atoms with E-state index in [-0.39, 0.29) is 12.1 Å². The molecule has 4 heteroatoms. The number of carbonyl (C=O) groups excluding carboxylic acids is 1. The summed E-state index contributed by atoms with van der Waals surface area (Å²) in [7, 11) is 0. The molecule has 0 spiro atoms. The van der Waals surface area contributed by atoms with E-state index in [2.05, 4.69) is 26.8 Å². The maximum atomic E-state index is 11.6. The lowest BCUT2D eigenvalue weighted by Crippen LogP contribution is -2.26. The highest BCUT2D eigenvalue weighted by molar-refractivity contribution is 5.86. The van der Waals surface area contributed by atoms with E-state index in [1.165, 1.54) is 12.5 Å². The highest BCUT2D eigenvalue weighted by Crippen LogP contribution is 2.45. The third kappa shape index (κ3) is 4.87. The van der Waals surface area contributed by atoms with Crippen molar-refractivity contribution in [1.82, 2.24) is 0 Å². The number of esters is 1. The second kappa shape index (κ2) is 8.70. The first kappa shape index (κ1) is 20.5. The van der Waals surface area contributed by atoms with Crippen LogP contribution in [-0.2, 0) is 14.3 Å². The van der Waals surface area contributed by atoms with E-state index >= 15 is 0 Å². The van der Waals surface area contributed by atoms with Crippen molar-refractivity contribution in [2.24, 2.45) is 23.7 Å². The molecule has 26 heavy (non-hydrogen) atoms. The maximum Gasteiger partial charge on any atom is 0.331 e. The minimum atomic E-state index is -0.828. The number of rotatable bonds is 3. The van der Waals surface area contributed by atoms with Crippen molar-refractivity contribution in [3.63, 3.8) is 0 Å². The molecule has 0 amide bonds. The molecule has 2 rings (SSSR count). The Kier molecular flexibility index (Phi) is 6.85. The third-order valence-corrected chi connectivity index (χ3v) is 5.82. The molecule has 4 nitrogen and oxygen atoms in total. The zero-order valence-corrected chi connectivity index (χ0v) is 16.6. The molecule has 0 aromatic carbocycles. The summed E-state index contributed by atoms with van der Waals surface area (Å²) in [6.45, 7) is 10.1. The van der Waals surface area contributed by atoms with Gasteiger partial charge in [0.25, 0.3) is 0 Å². The highest BCUT2D eigenvalue weighted by atomic mass is 16.5. The zero-order valence-electron chi connectivity index (χ0n) is 16.6. The van der Waals surface area contributed by atoms with Crippen LogP contribution in [0.15, 0.2) is 34.9 Å². The lowest BCUT2D eigenvalue weighted by molar-refractivity contribution is -0.145. The van der Waals surface area contributed by atoms with Crippen LogP contribution in [0.2, 0.25) is 0 Å². The Hall–Kier alpha value is -1.84. The van der Waals surface area contributed by atoms with E-state index in [1.54, 1.807) is 0 Å². The van der Waals surface area contributed by atoms with Crippen molar-refractivity contribution in [3.8, 4) is 0 Å². The van der Waals surface area contributed by atoms with Gasteiger partial charge in [0.2, 0.25) is 0 Å². The smallest absolute Gasteiger partial charge is 0.331 e. The van der Waals surface area contributed by atoms with Crippen molar-refractivity contribution < 1.29 is 19.4 Å². The second-order valence-electron chi connectivity index (χ2n) is 8.04. The van der Waals surface area contributed by atoms with Crippen LogP contribution >= 0.6 is 0 Å². The third-order valence-electron chi connectivity index (χ3n) is 5.82. The summed E-state index contributed by atoms with van der Waals surface area (Å²) in [6, 6.07) is 0. The van der Waals surface area contributed by atoms with Gasteiger partial charge in [0.15, 0.2) is 0 Å². The Morgan fingerprint density at radius 2 is 1.96 bits per heavy atom. The molecule has 0 aromatic rings. The molecule has 2 aliphatic rings. The lowest BCUT2D eigenvalue weighted by Gasteiger charge is -2.30. The van der Waals surface area contributed by atoms with Crippen LogP contribution in [-0.4, -0.2) is 23.1 Å². The van der Waals surface area contributed by atoms with E-state index < -0.39 is 5.97 Å². The van der Waals surface area contributed by atoms with Crippen LogP contribution in [0.1, 0.15) is 60.3 Å². The first-order valence-corrected chi connectivity index (χ1v) is 9.68. The minimum absolute atomic E-state index is 0.237. The van der Waals surface area contributed by atoms with Gasteiger partial charge < -0.3 is 9.84 Å². The fourth-order valence-corrected chi connectivity index (χ4v) is 4.39. The molecule has 1 N–H and O–H groups in total.